The van der Waals surface area contributed by atoms with Gasteiger partial charge >= 0.3 is 0 Å². The Bertz CT molecular complexity index is 468. The van der Waals surface area contributed by atoms with Crippen molar-refractivity contribution in [3.63, 3.8) is 0 Å². The molecule has 1 aromatic carbocycles. The molecule has 1 aliphatic rings. The fourth-order valence-corrected chi connectivity index (χ4v) is 2.38. The second-order valence-electron chi connectivity index (χ2n) is 6.06. The third-order valence-electron chi connectivity index (χ3n) is 4.07. The highest BCUT2D eigenvalue weighted by Gasteiger charge is 2.36. The number of nitrogens with two attached hydrogens (primary N) is 1. The number of amides is 1. The summed E-state index contributed by atoms with van der Waals surface area (Å²) in [6, 6.07) is 8.61. The maximum atomic E-state index is 11.6. The Hall–Kier alpha value is -1.55. The number of benzene rings is 1. The minimum Gasteiger partial charge on any atom is -0.494 e. The maximum Gasteiger partial charge on any atom is 0.237 e. The number of carbonyl (C=O) groups excluding carboxylic acids is 1. The fraction of sp³-hybridized carbons (Fsp3) is 0.588. The van der Waals surface area contributed by atoms with Crippen LogP contribution in [-0.4, -0.2) is 24.1 Å². The summed E-state index contributed by atoms with van der Waals surface area (Å²) in [5, 5.41) is 3.35. The van der Waals surface area contributed by atoms with Crippen molar-refractivity contribution >= 4 is 5.91 Å². The Morgan fingerprint density at radius 3 is 2.57 bits per heavy atom. The van der Waals surface area contributed by atoms with E-state index in [0.717, 1.165) is 31.4 Å². The Morgan fingerprint density at radius 2 is 2.05 bits per heavy atom. The molecule has 4 heteroatoms. The van der Waals surface area contributed by atoms with Crippen LogP contribution in [0.1, 0.15) is 45.1 Å². The number of aryl methyl sites for hydroxylation is 1. The summed E-state index contributed by atoms with van der Waals surface area (Å²) in [6.45, 7) is 4.62. The zero-order valence-corrected chi connectivity index (χ0v) is 13.0. The highest BCUT2D eigenvalue weighted by atomic mass is 16.5. The third-order valence-corrected chi connectivity index (χ3v) is 4.07. The van der Waals surface area contributed by atoms with Crippen molar-refractivity contribution in [1.82, 2.24) is 5.32 Å². The van der Waals surface area contributed by atoms with Gasteiger partial charge in [-0.25, -0.2) is 0 Å². The lowest BCUT2D eigenvalue weighted by Crippen LogP contribution is -2.54. The molecule has 0 aromatic heterocycles. The molecule has 3 N–H and O–H groups in total. The van der Waals surface area contributed by atoms with Gasteiger partial charge in [0.15, 0.2) is 0 Å². The number of ether oxygens (including phenoxy) is 1. The van der Waals surface area contributed by atoms with Crippen LogP contribution in [0.4, 0.5) is 0 Å². The lowest BCUT2D eigenvalue weighted by molar-refractivity contribution is -0.124. The van der Waals surface area contributed by atoms with E-state index < -0.39 is 5.54 Å². The molecule has 1 aliphatic carbocycles. The summed E-state index contributed by atoms with van der Waals surface area (Å²) >= 11 is 0. The van der Waals surface area contributed by atoms with Gasteiger partial charge in [-0.15, -0.1) is 0 Å². The Labute approximate surface area is 127 Å². The molecule has 21 heavy (non-hydrogen) atoms. The number of rotatable bonds is 9. The molecule has 0 heterocycles. The van der Waals surface area contributed by atoms with Crippen molar-refractivity contribution in [2.45, 2.75) is 57.5 Å². The molecule has 4 nitrogen and oxygen atoms in total. The second-order valence-corrected chi connectivity index (χ2v) is 6.06. The van der Waals surface area contributed by atoms with Crippen LogP contribution in [-0.2, 0) is 11.2 Å². The van der Waals surface area contributed by atoms with E-state index in [1.807, 2.05) is 19.1 Å². The lowest BCUT2D eigenvalue weighted by atomic mass is 9.95. The molecule has 0 radical (unpaired) electrons. The molecule has 1 fully saturated rings. The van der Waals surface area contributed by atoms with Gasteiger partial charge in [-0.3, -0.25) is 4.79 Å². The molecule has 1 saturated carbocycles. The molecule has 0 aliphatic heterocycles. The van der Waals surface area contributed by atoms with E-state index in [4.69, 9.17) is 10.5 Å². The standard InChI is InChI=1S/C17H26N2O2/c1-3-13-5-9-15(10-6-13)21-12-4-11-17(2,16(18)20)19-14-7-8-14/h5-6,9-10,14,19H,3-4,7-8,11-12H2,1-2H3,(H2,18,20). The molecule has 116 valence electrons. The molecule has 0 spiro atoms. The zero-order chi connectivity index (χ0) is 15.3. The molecular weight excluding hydrogens is 264 g/mol. The predicted molar refractivity (Wildman–Crippen MR) is 84.3 cm³/mol. The topological polar surface area (TPSA) is 64.3 Å². The monoisotopic (exact) mass is 290 g/mol. The lowest BCUT2D eigenvalue weighted by Gasteiger charge is -2.27. The molecule has 1 unspecified atom stereocenters. The van der Waals surface area contributed by atoms with E-state index in [2.05, 4.69) is 24.4 Å². The molecule has 0 bridgehead atoms. The molecule has 0 saturated heterocycles. The second kappa shape index (κ2) is 6.94. The van der Waals surface area contributed by atoms with Crippen molar-refractivity contribution in [3.05, 3.63) is 29.8 Å². The Balaban J connectivity index is 1.75. The number of hydrogen-bond acceptors (Lipinski definition) is 3. The van der Waals surface area contributed by atoms with E-state index in [9.17, 15) is 4.79 Å². The number of nitrogens with one attached hydrogen (secondary N) is 1. The van der Waals surface area contributed by atoms with Crippen molar-refractivity contribution in [3.8, 4) is 5.75 Å². The van der Waals surface area contributed by atoms with Crippen LogP contribution in [0, 0.1) is 0 Å². The molecule has 1 aromatic rings. The maximum absolute atomic E-state index is 11.6. The van der Waals surface area contributed by atoms with E-state index in [0.29, 0.717) is 19.1 Å². The molecule has 1 atom stereocenters. The summed E-state index contributed by atoms with van der Waals surface area (Å²) in [5.41, 5.74) is 6.22. The first-order valence-corrected chi connectivity index (χ1v) is 7.83. The fourth-order valence-electron chi connectivity index (χ4n) is 2.38. The van der Waals surface area contributed by atoms with Crippen LogP contribution in [0.25, 0.3) is 0 Å². The predicted octanol–water partition coefficient (Wildman–Crippen LogP) is 2.40. The van der Waals surface area contributed by atoms with E-state index in [-0.39, 0.29) is 5.91 Å². The first-order chi connectivity index (χ1) is 10.0. The van der Waals surface area contributed by atoms with Crippen molar-refractivity contribution in [1.29, 1.82) is 0 Å². The van der Waals surface area contributed by atoms with Gasteiger partial charge in [0, 0.05) is 6.04 Å². The Morgan fingerprint density at radius 1 is 1.38 bits per heavy atom. The van der Waals surface area contributed by atoms with Gasteiger partial charge in [-0.05, 0) is 56.7 Å². The normalized spacial score (nSPS) is 17.2. The van der Waals surface area contributed by atoms with Gasteiger partial charge in [0.1, 0.15) is 5.75 Å². The third kappa shape index (κ3) is 4.74. The minimum atomic E-state index is -0.614. The summed E-state index contributed by atoms with van der Waals surface area (Å²) < 4.78 is 5.72. The van der Waals surface area contributed by atoms with Gasteiger partial charge in [0.2, 0.25) is 5.91 Å². The minimum absolute atomic E-state index is 0.276. The zero-order valence-electron chi connectivity index (χ0n) is 13.0. The molecule has 2 rings (SSSR count). The first-order valence-electron chi connectivity index (χ1n) is 7.83. The van der Waals surface area contributed by atoms with Gasteiger partial charge in [-0.1, -0.05) is 19.1 Å². The van der Waals surface area contributed by atoms with Crippen molar-refractivity contribution < 1.29 is 9.53 Å². The van der Waals surface area contributed by atoms with Crippen LogP contribution < -0.4 is 15.8 Å². The van der Waals surface area contributed by atoms with Gasteiger partial charge in [-0.2, -0.15) is 0 Å². The Kier molecular flexibility index (Phi) is 5.23. The van der Waals surface area contributed by atoms with Crippen molar-refractivity contribution in [2.24, 2.45) is 5.73 Å². The van der Waals surface area contributed by atoms with E-state index in [1.165, 1.54) is 5.56 Å². The SMILES string of the molecule is CCc1ccc(OCCCC(C)(NC2CC2)C(N)=O)cc1. The molecular formula is C17H26N2O2. The highest BCUT2D eigenvalue weighted by molar-refractivity contribution is 5.84. The number of carbonyl (C=O) groups is 1. The van der Waals surface area contributed by atoms with Crippen LogP contribution in [0.5, 0.6) is 5.75 Å². The van der Waals surface area contributed by atoms with Crippen LogP contribution in [0.15, 0.2) is 24.3 Å². The van der Waals surface area contributed by atoms with Crippen LogP contribution in [0.3, 0.4) is 0 Å². The average molecular weight is 290 g/mol. The number of hydrogen-bond donors (Lipinski definition) is 2. The van der Waals surface area contributed by atoms with Crippen LogP contribution in [0.2, 0.25) is 0 Å². The van der Waals surface area contributed by atoms with E-state index >= 15 is 0 Å². The summed E-state index contributed by atoms with van der Waals surface area (Å²) in [7, 11) is 0. The summed E-state index contributed by atoms with van der Waals surface area (Å²) in [5.74, 6) is 0.602. The highest BCUT2D eigenvalue weighted by Crippen LogP contribution is 2.24. The van der Waals surface area contributed by atoms with Gasteiger partial charge in [0.05, 0.1) is 12.1 Å². The summed E-state index contributed by atoms with van der Waals surface area (Å²) in [4.78, 5) is 11.6. The van der Waals surface area contributed by atoms with E-state index in [1.54, 1.807) is 0 Å². The average Bonchev–Trinajstić information content (AvgIpc) is 3.28. The smallest absolute Gasteiger partial charge is 0.237 e. The first kappa shape index (κ1) is 15.8. The quantitative estimate of drug-likeness (QED) is 0.686. The summed E-state index contributed by atoms with van der Waals surface area (Å²) in [6.07, 6.45) is 4.82. The van der Waals surface area contributed by atoms with Gasteiger partial charge < -0.3 is 15.8 Å². The van der Waals surface area contributed by atoms with Crippen molar-refractivity contribution in [2.75, 3.05) is 6.61 Å². The molecule has 1 amide bonds. The van der Waals surface area contributed by atoms with Crippen LogP contribution >= 0.6 is 0 Å². The largest absolute Gasteiger partial charge is 0.494 e. The number of primary amides is 1. The van der Waals surface area contributed by atoms with Gasteiger partial charge in [0.25, 0.3) is 0 Å².